The van der Waals surface area contributed by atoms with Gasteiger partial charge in [0, 0.05) is 5.69 Å². The fourth-order valence-corrected chi connectivity index (χ4v) is 1.53. The molecule has 3 nitrogen and oxygen atoms in total. The van der Waals surface area contributed by atoms with Crippen molar-refractivity contribution in [3.8, 4) is 0 Å². The number of carboxylic acids is 1. The lowest BCUT2D eigenvalue weighted by Crippen LogP contribution is -2.34. The Balaban J connectivity index is 2.74. The molecule has 16 heavy (non-hydrogen) atoms. The molecule has 0 aliphatic heterocycles. The van der Waals surface area contributed by atoms with Gasteiger partial charge in [-0.15, -0.1) is 0 Å². The Morgan fingerprint density at radius 3 is 2.25 bits per heavy atom. The molecule has 1 atom stereocenters. The second-order valence-electron chi connectivity index (χ2n) is 4.25. The molecule has 0 saturated carbocycles. The van der Waals surface area contributed by atoms with Gasteiger partial charge in [-0.1, -0.05) is 32.9 Å². The third kappa shape index (κ3) is 3.26. The minimum Gasteiger partial charge on any atom is -0.480 e. The lowest BCUT2D eigenvalue weighted by molar-refractivity contribution is -0.138. The molecule has 0 aliphatic rings. The minimum absolute atomic E-state index is 0.0587. The lowest BCUT2D eigenvalue weighted by Gasteiger charge is -2.19. The number of nitrogens with one attached hydrogen (secondary N) is 1. The number of rotatable bonds is 5. The van der Waals surface area contributed by atoms with E-state index in [1.807, 2.05) is 38.1 Å². The highest BCUT2D eigenvalue weighted by Gasteiger charge is 2.20. The zero-order valence-corrected chi connectivity index (χ0v) is 10.0. The molecule has 0 amide bonds. The highest BCUT2D eigenvalue weighted by Crippen LogP contribution is 2.14. The molecule has 0 radical (unpaired) electrons. The smallest absolute Gasteiger partial charge is 0.326 e. The standard InChI is InChI=1S/C13H19NO2/c1-4-10-5-7-11(8-6-10)14-12(9(2)3)13(15)16/h5-9,12,14H,4H2,1-3H3,(H,15,16)/t12-/m0/s1. The molecule has 0 unspecified atom stereocenters. The van der Waals surface area contributed by atoms with E-state index in [1.165, 1.54) is 5.56 Å². The van der Waals surface area contributed by atoms with Crippen LogP contribution in [0.25, 0.3) is 0 Å². The third-order valence-corrected chi connectivity index (χ3v) is 2.62. The van der Waals surface area contributed by atoms with E-state index in [2.05, 4.69) is 12.2 Å². The third-order valence-electron chi connectivity index (χ3n) is 2.62. The number of carbonyl (C=O) groups is 1. The van der Waals surface area contributed by atoms with Crippen molar-refractivity contribution in [2.24, 2.45) is 5.92 Å². The molecule has 0 saturated heterocycles. The second-order valence-corrected chi connectivity index (χ2v) is 4.25. The van der Waals surface area contributed by atoms with Crippen LogP contribution in [0.3, 0.4) is 0 Å². The Morgan fingerprint density at radius 2 is 1.88 bits per heavy atom. The van der Waals surface area contributed by atoms with Crippen LogP contribution in [0.15, 0.2) is 24.3 Å². The summed E-state index contributed by atoms with van der Waals surface area (Å²) < 4.78 is 0. The number of hydrogen-bond donors (Lipinski definition) is 2. The van der Waals surface area contributed by atoms with Crippen molar-refractivity contribution in [1.29, 1.82) is 0 Å². The van der Waals surface area contributed by atoms with Gasteiger partial charge >= 0.3 is 5.97 Å². The van der Waals surface area contributed by atoms with Crippen molar-refractivity contribution in [3.63, 3.8) is 0 Å². The summed E-state index contributed by atoms with van der Waals surface area (Å²) in [7, 11) is 0. The number of carboxylic acid groups (broad SMARTS) is 1. The van der Waals surface area contributed by atoms with E-state index in [0.717, 1.165) is 12.1 Å². The molecule has 3 heteroatoms. The summed E-state index contributed by atoms with van der Waals surface area (Å²) >= 11 is 0. The van der Waals surface area contributed by atoms with Crippen molar-refractivity contribution in [3.05, 3.63) is 29.8 Å². The van der Waals surface area contributed by atoms with Crippen molar-refractivity contribution < 1.29 is 9.90 Å². The first-order chi connectivity index (χ1) is 7.54. The molecule has 0 fully saturated rings. The summed E-state index contributed by atoms with van der Waals surface area (Å²) in [4.78, 5) is 11.0. The number of aliphatic carboxylic acids is 1. The Bertz CT molecular complexity index is 343. The molecule has 0 aliphatic carbocycles. The first-order valence-electron chi connectivity index (χ1n) is 5.63. The van der Waals surface area contributed by atoms with E-state index >= 15 is 0 Å². The van der Waals surface area contributed by atoms with E-state index in [4.69, 9.17) is 5.11 Å². The summed E-state index contributed by atoms with van der Waals surface area (Å²) in [5.74, 6) is -0.752. The number of hydrogen-bond acceptors (Lipinski definition) is 2. The van der Waals surface area contributed by atoms with Gasteiger partial charge in [-0.3, -0.25) is 0 Å². The van der Waals surface area contributed by atoms with Gasteiger partial charge < -0.3 is 10.4 Å². The quantitative estimate of drug-likeness (QED) is 0.803. The lowest BCUT2D eigenvalue weighted by atomic mass is 10.0. The Hall–Kier alpha value is -1.51. The summed E-state index contributed by atoms with van der Waals surface area (Å²) in [5, 5.41) is 12.1. The number of aryl methyl sites for hydroxylation is 1. The Kier molecular flexibility index (Phi) is 4.35. The second kappa shape index (κ2) is 5.54. The molecule has 88 valence electrons. The molecule has 1 rings (SSSR count). The number of anilines is 1. The van der Waals surface area contributed by atoms with Crippen LogP contribution in [-0.2, 0) is 11.2 Å². The summed E-state index contributed by atoms with van der Waals surface area (Å²) in [6, 6.07) is 7.35. The van der Waals surface area contributed by atoms with Crippen LogP contribution in [0.4, 0.5) is 5.69 Å². The van der Waals surface area contributed by atoms with E-state index in [-0.39, 0.29) is 5.92 Å². The van der Waals surface area contributed by atoms with E-state index in [1.54, 1.807) is 0 Å². The normalized spacial score (nSPS) is 12.5. The van der Waals surface area contributed by atoms with Gasteiger partial charge in [-0.25, -0.2) is 4.79 Å². The first kappa shape index (κ1) is 12.6. The van der Waals surface area contributed by atoms with Gasteiger partial charge in [0.2, 0.25) is 0 Å². The zero-order chi connectivity index (χ0) is 12.1. The fraction of sp³-hybridized carbons (Fsp3) is 0.462. The maximum absolute atomic E-state index is 11.0. The highest BCUT2D eigenvalue weighted by atomic mass is 16.4. The van der Waals surface area contributed by atoms with Crippen LogP contribution in [0.1, 0.15) is 26.3 Å². The van der Waals surface area contributed by atoms with Crippen LogP contribution >= 0.6 is 0 Å². The maximum atomic E-state index is 11.0. The largest absolute Gasteiger partial charge is 0.480 e. The van der Waals surface area contributed by atoms with Gasteiger partial charge in [0.15, 0.2) is 0 Å². The van der Waals surface area contributed by atoms with Crippen molar-refractivity contribution in [1.82, 2.24) is 0 Å². The summed E-state index contributed by atoms with van der Waals surface area (Å²) in [6.45, 7) is 5.88. The molecule has 1 aromatic rings. The molecule has 2 N–H and O–H groups in total. The molecule has 1 aromatic carbocycles. The monoisotopic (exact) mass is 221 g/mol. The number of benzene rings is 1. The Morgan fingerprint density at radius 1 is 1.31 bits per heavy atom. The molecule has 0 aromatic heterocycles. The van der Waals surface area contributed by atoms with E-state index in [9.17, 15) is 4.79 Å². The first-order valence-corrected chi connectivity index (χ1v) is 5.63. The molecule has 0 heterocycles. The van der Waals surface area contributed by atoms with Crippen LogP contribution in [0.2, 0.25) is 0 Å². The summed E-state index contributed by atoms with van der Waals surface area (Å²) in [5.41, 5.74) is 2.11. The van der Waals surface area contributed by atoms with Crippen LogP contribution in [0, 0.1) is 5.92 Å². The van der Waals surface area contributed by atoms with Crippen molar-refractivity contribution in [2.45, 2.75) is 33.2 Å². The van der Waals surface area contributed by atoms with Gasteiger partial charge in [0.05, 0.1) is 0 Å². The van der Waals surface area contributed by atoms with E-state index < -0.39 is 12.0 Å². The fourth-order valence-electron chi connectivity index (χ4n) is 1.53. The highest BCUT2D eigenvalue weighted by molar-refractivity contribution is 5.77. The molecule has 0 spiro atoms. The van der Waals surface area contributed by atoms with Crippen molar-refractivity contribution >= 4 is 11.7 Å². The van der Waals surface area contributed by atoms with Gasteiger partial charge in [-0.2, -0.15) is 0 Å². The average molecular weight is 221 g/mol. The van der Waals surface area contributed by atoms with Gasteiger partial charge in [0.1, 0.15) is 6.04 Å². The van der Waals surface area contributed by atoms with Crippen LogP contribution < -0.4 is 5.32 Å². The van der Waals surface area contributed by atoms with Gasteiger partial charge in [-0.05, 0) is 30.0 Å². The Labute approximate surface area is 96.5 Å². The molecular formula is C13H19NO2. The predicted molar refractivity (Wildman–Crippen MR) is 65.7 cm³/mol. The molecule has 0 bridgehead atoms. The summed E-state index contributed by atoms with van der Waals surface area (Å²) in [6.07, 6.45) is 0.993. The SMILES string of the molecule is CCc1ccc(N[C@H](C(=O)O)C(C)C)cc1. The van der Waals surface area contributed by atoms with Crippen molar-refractivity contribution in [2.75, 3.05) is 5.32 Å². The minimum atomic E-state index is -0.811. The van der Waals surface area contributed by atoms with Crippen LogP contribution in [-0.4, -0.2) is 17.1 Å². The van der Waals surface area contributed by atoms with Crippen LogP contribution in [0.5, 0.6) is 0 Å². The predicted octanol–water partition coefficient (Wildman–Crippen LogP) is 2.77. The molecular weight excluding hydrogens is 202 g/mol. The maximum Gasteiger partial charge on any atom is 0.326 e. The topological polar surface area (TPSA) is 49.3 Å². The zero-order valence-electron chi connectivity index (χ0n) is 10.0. The average Bonchev–Trinajstić information content (AvgIpc) is 2.25. The van der Waals surface area contributed by atoms with E-state index in [0.29, 0.717) is 0 Å². The van der Waals surface area contributed by atoms with Gasteiger partial charge in [0.25, 0.3) is 0 Å².